The Morgan fingerprint density at radius 1 is 0.864 bits per heavy atom. The second-order valence-corrected chi connectivity index (χ2v) is 4.86. The summed E-state index contributed by atoms with van der Waals surface area (Å²) in [4.78, 5) is 3.98. The molecule has 0 aliphatic rings. The molecule has 0 fully saturated rings. The smallest absolute Gasteiger partial charge is 0.124 e. The van der Waals surface area contributed by atoms with Gasteiger partial charge in [-0.25, -0.2) is 4.39 Å². The van der Waals surface area contributed by atoms with Crippen molar-refractivity contribution in [1.29, 1.82) is 0 Å². The molecule has 0 radical (unpaired) electrons. The molecule has 0 spiro atoms. The monoisotopic (exact) mass is 291 g/mol. The van der Waals surface area contributed by atoms with Gasteiger partial charge in [-0.15, -0.1) is 0 Å². The van der Waals surface area contributed by atoms with Crippen molar-refractivity contribution in [3.63, 3.8) is 0 Å². The topological polar surface area (TPSA) is 33.1 Å². The van der Waals surface area contributed by atoms with E-state index >= 15 is 0 Å². The molecule has 0 amide bonds. The Balaban J connectivity index is 2.04. The molecule has 22 heavy (non-hydrogen) atoms. The van der Waals surface area contributed by atoms with Gasteiger partial charge >= 0.3 is 0 Å². The Labute approximate surface area is 128 Å². The lowest BCUT2D eigenvalue weighted by atomic mass is 9.98. The second-order valence-electron chi connectivity index (χ2n) is 4.86. The van der Waals surface area contributed by atoms with E-state index in [9.17, 15) is 9.50 Å². The van der Waals surface area contributed by atoms with Crippen LogP contribution in [0, 0.1) is 5.82 Å². The van der Waals surface area contributed by atoms with Crippen LogP contribution in [0.5, 0.6) is 5.75 Å². The molecule has 0 bridgehead atoms. The molecule has 0 aliphatic carbocycles. The average Bonchev–Trinajstić information content (AvgIpc) is 2.56. The lowest BCUT2D eigenvalue weighted by molar-refractivity contribution is 0.475. The van der Waals surface area contributed by atoms with E-state index in [1.807, 2.05) is 48.6 Å². The summed E-state index contributed by atoms with van der Waals surface area (Å²) in [6, 6.07) is 15.3. The largest absolute Gasteiger partial charge is 0.507 e. The number of halogens is 1. The number of phenols is 1. The third kappa shape index (κ3) is 3.04. The third-order valence-corrected chi connectivity index (χ3v) is 3.37. The molecule has 1 N–H and O–H groups in total. The zero-order valence-corrected chi connectivity index (χ0v) is 11.8. The fourth-order valence-electron chi connectivity index (χ4n) is 2.27. The van der Waals surface area contributed by atoms with Crippen LogP contribution in [0.25, 0.3) is 23.3 Å². The predicted octanol–water partition coefficient (Wildman–Crippen LogP) is 4.76. The fraction of sp³-hybridized carbons (Fsp3) is 0. The summed E-state index contributed by atoms with van der Waals surface area (Å²) in [6.45, 7) is 0. The van der Waals surface area contributed by atoms with E-state index in [0.29, 0.717) is 5.56 Å². The molecule has 1 heterocycles. The van der Waals surface area contributed by atoms with Crippen molar-refractivity contribution >= 4 is 12.2 Å². The molecule has 0 aliphatic heterocycles. The number of hydrogen-bond acceptors (Lipinski definition) is 2. The summed E-state index contributed by atoms with van der Waals surface area (Å²) in [5.41, 5.74) is 3.19. The summed E-state index contributed by atoms with van der Waals surface area (Å²) >= 11 is 0. The molecule has 2 nitrogen and oxygen atoms in total. The highest BCUT2D eigenvalue weighted by molar-refractivity contribution is 5.83. The van der Waals surface area contributed by atoms with Gasteiger partial charge in [-0.3, -0.25) is 4.98 Å². The van der Waals surface area contributed by atoms with Gasteiger partial charge in [0.25, 0.3) is 0 Å². The normalized spacial score (nSPS) is 11.0. The Morgan fingerprint density at radius 3 is 2.45 bits per heavy atom. The quantitative estimate of drug-likeness (QED) is 0.754. The third-order valence-electron chi connectivity index (χ3n) is 3.37. The van der Waals surface area contributed by atoms with E-state index in [1.165, 1.54) is 18.2 Å². The van der Waals surface area contributed by atoms with Crippen LogP contribution in [0.4, 0.5) is 4.39 Å². The number of aromatic hydroxyl groups is 1. The Morgan fingerprint density at radius 2 is 1.64 bits per heavy atom. The Bertz CT molecular complexity index is 813. The van der Waals surface area contributed by atoms with Crippen LogP contribution in [-0.2, 0) is 0 Å². The number of phenolic OH excluding ortho intramolecular Hbond substituents is 1. The van der Waals surface area contributed by atoms with Gasteiger partial charge in [0, 0.05) is 18.0 Å². The van der Waals surface area contributed by atoms with Gasteiger partial charge in [0.2, 0.25) is 0 Å². The number of pyridine rings is 1. The summed E-state index contributed by atoms with van der Waals surface area (Å²) in [6.07, 6.45) is 7.35. The lowest BCUT2D eigenvalue weighted by Crippen LogP contribution is -1.85. The van der Waals surface area contributed by atoms with Gasteiger partial charge in [0.15, 0.2) is 0 Å². The minimum absolute atomic E-state index is 0.0613. The molecule has 0 unspecified atom stereocenters. The van der Waals surface area contributed by atoms with Gasteiger partial charge in [-0.2, -0.15) is 0 Å². The minimum Gasteiger partial charge on any atom is -0.507 e. The van der Waals surface area contributed by atoms with E-state index in [4.69, 9.17) is 0 Å². The van der Waals surface area contributed by atoms with Crippen molar-refractivity contribution in [3.05, 3.63) is 83.9 Å². The molecular formula is C19H14FNO. The van der Waals surface area contributed by atoms with Gasteiger partial charge in [0.05, 0.1) is 0 Å². The standard InChI is InChI=1S/C19H14FNO/c20-16-7-8-19(22)18(13-16)17-4-2-1-3-15(17)6-5-14-9-11-21-12-10-14/h1-13,22H. The molecular weight excluding hydrogens is 277 g/mol. The Kier molecular flexibility index (Phi) is 3.97. The van der Waals surface area contributed by atoms with Crippen LogP contribution >= 0.6 is 0 Å². The first-order valence-electron chi connectivity index (χ1n) is 6.90. The first-order valence-corrected chi connectivity index (χ1v) is 6.90. The summed E-state index contributed by atoms with van der Waals surface area (Å²) < 4.78 is 13.5. The van der Waals surface area contributed by atoms with Crippen LogP contribution in [0.1, 0.15) is 11.1 Å². The van der Waals surface area contributed by atoms with Crippen LogP contribution in [-0.4, -0.2) is 10.1 Å². The molecule has 2 aromatic carbocycles. The van der Waals surface area contributed by atoms with Gasteiger partial charge in [-0.05, 0) is 47.0 Å². The predicted molar refractivity (Wildman–Crippen MR) is 86.7 cm³/mol. The van der Waals surface area contributed by atoms with Crippen molar-refractivity contribution in [2.45, 2.75) is 0 Å². The maximum atomic E-state index is 13.5. The maximum absolute atomic E-state index is 13.5. The molecule has 3 heteroatoms. The van der Waals surface area contributed by atoms with Gasteiger partial charge in [0.1, 0.15) is 11.6 Å². The number of benzene rings is 2. The molecule has 1 aromatic heterocycles. The first-order chi connectivity index (χ1) is 10.7. The molecule has 3 aromatic rings. The SMILES string of the molecule is Oc1ccc(F)cc1-c1ccccc1C=Cc1ccncc1. The molecule has 0 atom stereocenters. The van der Waals surface area contributed by atoms with Crippen LogP contribution in [0.3, 0.4) is 0 Å². The highest BCUT2D eigenvalue weighted by Gasteiger charge is 2.08. The molecule has 0 saturated carbocycles. The van der Waals surface area contributed by atoms with Crippen LogP contribution in [0.2, 0.25) is 0 Å². The van der Waals surface area contributed by atoms with Crippen molar-refractivity contribution in [2.24, 2.45) is 0 Å². The number of rotatable bonds is 3. The first kappa shape index (κ1) is 14.0. The average molecular weight is 291 g/mol. The van der Waals surface area contributed by atoms with Gasteiger partial charge in [-0.1, -0.05) is 36.4 Å². The van der Waals surface area contributed by atoms with Crippen molar-refractivity contribution in [3.8, 4) is 16.9 Å². The van der Waals surface area contributed by atoms with E-state index in [-0.39, 0.29) is 11.6 Å². The van der Waals surface area contributed by atoms with E-state index in [2.05, 4.69) is 4.98 Å². The maximum Gasteiger partial charge on any atom is 0.124 e. The van der Waals surface area contributed by atoms with Crippen LogP contribution in [0.15, 0.2) is 67.0 Å². The lowest BCUT2D eigenvalue weighted by Gasteiger charge is -2.08. The highest BCUT2D eigenvalue weighted by Crippen LogP contribution is 2.33. The zero-order chi connectivity index (χ0) is 15.4. The van der Waals surface area contributed by atoms with E-state index < -0.39 is 0 Å². The number of nitrogens with zero attached hydrogens (tertiary/aromatic N) is 1. The molecule has 0 saturated heterocycles. The Hall–Kier alpha value is -2.94. The zero-order valence-electron chi connectivity index (χ0n) is 11.8. The van der Waals surface area contributed by atoms with Crippen LogP contribution < -0.4 is 0 Å². The molecule has 108 valence electrons. The summed E-state index contributed by atoms with van der Waals surface area (Å²) in [5.74, 6) is -0.313. The van der Waals surface area contributed by atoms with E-state index in [0.717, 1.165) is 16.7 Å². The number of aromatic nitrogens is 1. The number of hydrogen-bond donors (Lipinski definition) is 1. The summed E-state index contributed by atoms with van der Waals surface area (Å²) in [5, 5.41) is 10.00. The van der Waals surface area contributed by atoms with E-state index in [1.54, 1.807) is 12.4 Å². The van der Waals surface area contributed by atoms with Crippen molar-refractivity contribution < 1.29 is 9.50 Å². The molecule has 3 rings (SSSR count). The van der Waals surface area contributed by atoms with Crippen molar-refractivity contribution in [2.75, 3.05) is 0 Å². The minimum atomic E-state index is -0.374. The second kappa shape index (κ2) is 6.22. The fourth-order valence-corrected chi connectivity index (χ4v) is 2.27. The highest BCUT2D eigenvalue weighted by atomic mass is 19.1. The summed E-state index contributed by atoms with van der Waals surface area (Å²) in [7, 11) is 0. The van der Waals surface area contributed by atoms with Gasteiger partial charge < -0.3 is 5.11 Å². The van der Waals surface area contributed by atoms with Crippen molar-refractivity contribution in [1.82, 2.24) is 4.98 Å².